The second-order valence-corrected chi connectivity index (χ2v) is 9.19. The molecule has 0 saturated carbocycles. The topological polar surface area (TPSA) is 98.2 Å². The molecule has 8 nitrogen and oxygen atoms in total. The maximum Gasteiger partial charge on any atom is 0.249 e. The summed E-state index contributed by atoms with van der Waals surface area (Å²) in [6.45, 7) is 2.69. The number of carbonyl (C=O) groups excluding carboxylic acids is 2. The second kappa shape index (κ2) is 13.6. The van der Waals surface area contributed by atoms with Gasteiger partial charge in [-0.3, -0.25) is 9.59 Å². The summed E-state index contributed by atoms with van der Waals surface area (Å²) in [6.07, 6.45) is 1.09. The molecule has 36 heavy (non-hydrogen) atoms. The predicted octanol–water partition coefficient (Wildman–Crippen LogP) is 5.68. The van der Waals surface area contributed by atoms with Crippen molar-refractivity contribution in [2.24, 2.45) is 5.10 Å². The summed E-state index contributed by atoms with van der Waals surface area (Å²) in [5, 5.41) is 6.60. The van der Waals surface area contributed by atoms with Gasteiger partial charge in [-0.15, -0.1) is 0 Å². The van der Waals surface area contributed by atoms with Crippen LogP contribution in [0, 0.1) is 0 Å². The first-order valence-electron chi connectivity index (χ1n) is 11.0. The van der Waals surface area contributed by atoms with Crippen molar-refractivity contribution in [3.63, 3.8) is 0 Å². The first-order valence-corrected chi connectivity index (χ1v) is 12.6. The molecule has 0 atom stereocenters. The predicted molar refractivity (Wildman–Crippen MR) is 146 cm³/mol. The van der Waals surface area contributed by atoms with E-state index in [0.717, 1.165) is 10.0 Å². The van der Waals surface area contributed by atoms with E-state index in [1.807, 2.05) is 31.2 Å². The molecule has 188 valence electrons. The molecule has 0 aromatic heterocycles. The molecule has 0 saturated heterocycles. The number of amides is 2. The van der Waals surface area contributed by atoms with Crippen molar-refractivity contribution in [1.29, 1.82) is 0 Å². The minimum absolute atomic E-state index is 0.369. The van der Waals surface area contributed by atoms with Gasteiger partial charge < -0.3 is 19.5 Å². The molecule has 3 aromatic carbocycles. The molecule has 0 aliphatic rings. The zero-order valence-corrected chi connectivity index (χ0v) is 22.9. The van der Waals surface area contributed by atoms with Crippen molar-refractivity contribution in [2.75, 3.05) is 19.0 Å². The molecule has 0 heterocycles. The molecule has 3 rings (SSSR count). The Morgan fingerprint density at radius 2 is 1.69 bits per heavy atom. The normalized spacial score (nSPS) is 10.7. The molecule has 0 fully saturated rings. The van der Waals surface area contributed by atoms with Crippen LogP contribution in [0.5, 0.6) is 17.2 Å². The largest absolute Gasteiger partial charge is 0.497 e. The minimum atomic E-state index is -0.546. The average Bonchev–Trinajstić information content (AvgIpc) is 2.85. The number of hydrogen-bond acceptors (Lipinski definition) is 6. The molecule has 0 bridgehead atoms. The molecule has 2 N–H and O–H groups in total. The monoisotopic (exact) mass is 617 g/mol. The van der Waals surface area contributed by atoms with Crippen LogP contribution in [0.15, 0.2) is 74.7 Å². The number of hydrogen-bond donors (Lipinski definition) is 2. The lowest BCUT2D eigenvalue weighted by Gasteiger charge is -2.14. The van der Waals surface area contributed by atoms with Crippen LogP contribution in [0.4, 0.5) is 5.69 Å². The van der Waals surface area contributed by atoms with Crippen LogP contribution in [-0.4, -0.2) is 31.7 Å². The number of benzene rings is 3. The van der Waals surface area contributed by atoms with Crippen molar-refractivity contribution >= 4 is 55.6 Å². The van der Waals surface area contributed by atoms with Crippen molar-refractivity contribution < 1.29 is 23.8 Å². The van der Waals surface area contributed by atoms with E-state index >= 15 is 0 Å². The maximum absolute atomic E-state index is 12.1. The molecule has 0 aliphatic carbocycles. The van der Waals surface area contributed by atoms with Gasteiger partial charge in [0.05, 0.1) is 24.4 Å². The average molecular weight is 619 g/mol. The van der Waals surface area contributed by atoms with Crippen molar-refractivity contribution in [2.45, 2.75) is 20.0 Å². The van der Waals surface area contributed by atoms with E-state index in [-0.39, 0.29) is 6.42 Å². The molecule has 0 aliphatic heterocycles. The number of carbonyl (C=O) groups is 2. The van der Waals surface area contributed by atoms with E-state index in [2.05, 4.69) is 47.7 Å². The Balaban J connectivity index is 1.57. The summed E-state index contributed by atoms with van der Waals surface area (Å²) < 4.78 is 18.5. The summed E-state index contributed by atoms with van der Waals surface area (Å²) >= 11 is 6.95. The Morgan fingerprint density at radius 1 is 0.972 bits per heavy atom. The molecule has 0 radical (unpaired) electrons. The number of ether oxygens (including phenoxy) is 3. The summed E-state index contributed by atoms with van der Waals surface area (Å²) in [6, 6.07) is 18.2. The Labute approximate surface area is 226 Å². The molecule has 3 aromatic rings. The highest BCUT2D eigenvalue weighted by molar-refractivity contribution is 9.10. The smallest absolute Gasteiger partial charge is 0.249 e. The molecule has 0 unspecified atom stereocenters. The third-order valence-electron chi connectivity index (χ3n) is 4.73. The Bertz CT molecular complexity index is 1220. The maximum atomic E-state index is 12.1. The number of nitrogens with one attached hydrogen (secondary N) is 2. The highest BCUT2D eigenvalue weighted by atomic mass is 79.9. The standard InChI is InChI=1S/C26H25Br2N3O5/c1-3-35-23-13-18(12-22(28)26(23)36-16-17-4-6-19(27)7-5-17)15-29-31-25(33)14-24(32)30-20-8-10-21(34-2)11-9-20/h4-13,15H,3,14,16H2,1-2H3,(H,30,32)(H,31,33). The molecular formula is C26H25Br2N3O5. The van der Waals surface area contributed by atoms with E-state index < -0.39 is 11.8 Å². The number of rotatable bonds is 11. The fourth-order valence-corrected chi connectivity index (χ4v) is 3.88. The summed E-state index contributed by atoms with van der Waals surface area (Å²) in [4.78, 5) is 24.2. The summed E-state index contributed by atoms with van der Waals surface area (Å²) in [5.41, 5.74) is 4.61. The lowest BCUT2D eigenvalue weighted by Crippen LogP contribution is -2.24. The SMILES string of the molecule is CCOc1cc(C=NNC(=O)CC(=O)Nc2ccc(OC)cc2)cc(Br)c1OCc1ccc(Br)cc1. The minimum Gasteiger partial charge on any atom is -0.497 e. The Hall–Kier alpha value is -3.37. The van der Waals surface area contributed by atoms with E-state index in [1.54, 1.807) is 43.5 Å². The van der Waals surface area contributed by atoms with Crippen LogP contribution < -0.4 is 25.0 Å². The Morgan fingerprint density at radius 3 is 2.36 bits per heavy atom. The Kier molecular flexibility index (Phi) is 10.3. The van der Waals surface area contributed by atoms with Gasteiger partial charge in [-0.2, -0.15) is 5.10 Å². The van der Waals surface area contributed by atoms with Gasteiger partial charge in [0.15, 0.2) is 11.5 Å². The van der Waals surface area contributed by atoms with Crippen LogP contribution >= 0.6 is 31.9 Å². The highest BCUT2D eigenvalue weighted by Crippen LogP contribution is 2.37. The van der Waals surface area contributed by atoms with Crippen LogP contribution in [0.3, 0.4) is 0 Å². The van der Waals surface area contributed by atoms with Crippen LogP contribution in [-0.2, 0) is 16.2 Å². The van der Waals surface area contributed by atoms with Crippen molar-refractivity contribution in [3.8, 4) is 17.2 Å². The number of methoxy groups -OCH3 is 1. The highest BCUT2D eigenvalue weighted by Gasteiger charge is 2.13. The lowest BCUT2D eigenvalue weighted by molar-refractivity contribution is -0.126. The van der Waals surface area contributed by atoms with E-state index in [0.29, 0.717) is 46.2 Å². The van der Waals surface area contributed by atoms with Gasteiger partial charge in [0.1, 0.15) is 18.8 Å². The van der Waals surface area contributed by atoms with Crippen LogP contribution in [0.1, 0.15) is 24.5 Å². The first kappa shape index (κ1) is 27.2. The van der Waals surface area contributed by atoms with Crippen LogP contribution in [0.25, 0.3) is 0 Å². The van der Waals surface area contributed by atoms with Crippen molar-refractivity contribution in [3.05, 3.63) is 80.7 Å². The van der Waals surface area contributed by atoms with Crippen LogP contribution in [0.2, 0.25) is 0 Å². The summed E-state index contributed by atoms with van der Waals surface area (Å²) in [7, 11) is 1.56. The summed E-state index contributed by atoms with van der Waals surface area (Å²) in [5.74, 6) is 0.771. The fraction of sp³-hybridized carbons (Fsp3) is 0.192. The van der Waals surface area contributed by atoms with Crippen molar-refractivity contribution in [1.82, 2.24) is 5.43 Å². The number of anilines is 1. The number of nitrogens with zero attached hydrogens (tertiary/aromatic N) is 1. The van der Waals surface area contributed by atoms with Gasteiger partial charge >= 0.3 is 0 Å². The number of hydrazone groups is 1. The molecule has 2 amide bonds. The van der Waals surface area contributed by atoms with E-state index in [4.69, 9.17) is 14.2 Å². The van der Waals surface area contributed by atoms with E-state index in [1.165, 1.54) is 6.21 Å². The molecule has 0 spiro atoms. The molecular weight excluding hydrogens is 594 g/mol. The van der Waals surface area contributed by atoms with Gasteiger partial charge in [0.25, 0.3) is 0 Å². The zero-order valence-electron chi connectivity index (χ0n) is 19.7. The van der Waals surface area contributed by atoms with Gasteiger partial charge in [0, 0.05) is 10.2 Å². The number of halogens is 2. The quantitative estimate of drug-likeness (QED) is 0.164. The third kappa shape index (κ3) is 8.39. The van der Waals surface area contributed by atoms with Gasteiger partial charge in [-0.25, -0.2) is 5.43 Å². The lowest BCUT2D eigenvalue weighted by atomic mass is 10.2. The van der Waals surface area contributed by atoms with E-state index in [9.17, 15) is 9.59 Å². The second-order valence-electron chi connectivity index (χ2n) is 7.42. The fourth-order valence-electron chi connectivity index (χ4n) is 3.05. The van der Waals surface area contributed by atoms with Gasteiger partial charge in [-0.05, 0) is 82.5 Å². The first-order chi connectivity index (χ1) is 17.4. The third-order valence-corrected chi connectivity index (χ3v) is 5.84. The molecule has 10 heteroatoms. The zero-order chi connectivity index (χ0) is 25.9. The van der Waals surface area contributed by atoms with Gasteiger partial charge in [0.2, 0.25) is 11.8 Å². The van der Waals surface area contributed by atoms with Gasteiger partial charge in [-0.1, -0.05) is 28.1 Å².